The van der Waals surface area contributed by atoms with E-state index in [-0.39, 0.29) is 27.8 Å². The van der Waals surface area contributed by atoms with Gasteiger partial charge in [-0.1, -0.05) is 26.0 Å². The van der Waals surface area contributed by atoms with Crippen molar-refractivity contribution in [3.8, 4) is 0 Å². The van der Waals surface area contributed by atoms with Crippen molar-refractivity contribution >= 4 is 17.3 Å². The summed E-state index contributed by atoms with van der Waals surface area (Å²) >= 11 is 6.20. The molecule has 17 heavy (non-hydrogen) atoms. The Labute approximate surface area is 107 Å². The molecule has 0 saturated heterocycles. The second-order valence-corrected chi connectivity index (χ2v) is 5.40. The number of hydrogen-bond acceptors (Lipinski definition) is 2. The normalized spacial score (nSPS) is 14.7. The topological polar surface area (TPSA) is 43.1 Å². The summed E-state index contributed by atoms with van der Waals surface area (Å²) in [5, 5.41) is 11.0. The van der Waals surface area contributed by atoms with Gasteiger partial charge in [0, 0.05) is 22.9 Å². The molecule has 1 aromatic rings. The van der Waals surface area contributed by atoms with E-state index in [1.54, 1.807) is 12.1 Å². The standard InChI is InChI=1S/C13H18ClNO2/c1-8(2)12(10(4)14)13-9(3)6-5-7-11(13)15(16)17/h5-8,10,12H,1-4H3. The lowest BCUT2D eigenvalue weighted by Gasteiger charge is -2.25. The lowest BCUT2D eigenvalue weighted by Crippen LogP contribution is -2.18. The summed E-state index contributed by atoms with van der Waals surface area (Å²) in [6.45, 7) is 7.87. The molecule has 1 aromatic carbocycles. The number of benzene rings is 1. The van der Waals surface area contributed by atoms with Gasteiger partial charge in [-0.15, -0.1) is 11.6 Å². The zero-order chi connectivity index (χ0) is 13.2. The van der Waals surface area contributed by atoms with Gasteiger partial charge in [0.2, 0.25) is 0 Å². The Kier molecular flexibility index (Phi) is 4.52. The summed E-state index contributed by atoms with van der Waals surface area (Å²) in [5.41, 5.74) is 1.89. The van der Waals surface area contributed by atoms with Crippen molar-refractivity contribution in [3.05, 3.63) is 39.4 Å². The van der Waals surface area contributed by atoms with E-state index in [4.69, 9.17) is 11.6 Å². The molecule has 0 N–H and O–H groups in total. The summed E-state index contributed by atoms with van der Waals surface area (Å²) in [5.74, 6) is 0.264. The van der Waals surface area contributed by atoms with Crippen LogP contribution in [0.2, 0.25) is 0 Å². The number of aryl methyl sites for hydroxylation is 1. The van der Waals surface area contributed by atoms with Crippen molar-refractivity contribution in [3.63, 3.8) is 0 Å². The largest absolute Gasteiger partial charge is 0.273 e. The van der Waals surface area contributed by atoms with E-state index >= 15 is 0 Å². The number of hydrogen-bond donors (Lipinski definition) is 0. The molecule has 0 radical (unpaired) electrons. The van der Waals surface area contributed by atoms with E-state index in [9.17, 15) is 10.1 Å². The molecule has 0 aromatic heterocycles. The third-order valence-electron chi connectivity index (χ3n) is 3.04. The molecule has 3 nitrogen and oxygen atoms in total. The molecule has 0 aliphatic heterocycles. The molecule has 0 bridgehead atoms. The van der Waals surface area contributed by atoms with Crippen LogP contribution in [-0.2, 0) is 0 Å². The number of alkyl halides is 1. The van der Waals surface area contributed by atoms with Crippen LogP contribution in [-0.4, -0.2) is 10.3 Å². The first kappa shape index (κ1) is 14.0. The highest BCUT2D eigenvalue weighted by Gasteiger charge is 2.29. The van der Waals surface area contributed by atoms with Gasteiger partial charge in [0.25, 0.3) is 5.69 Å². The van der Waals surface area contributed by atoms with Crippen molar-refractivity contribution in [1.29, 1.82) is 0 Å². The Morgan fingerprint density at radius 1 is 1.29 bits per heavy atom. The number of nitro groups is 1. The monoisotopic (exact) mass is 255 g/mol. The quantitative estimate of drug-likeness (QED) is 0.458. The molecule has 0 aliphatic carbocycles. The first-order valence-electron chi connectivity index (χ1n) is 5.74. The molecule has 94 valence electrons. The zero-order valence-corrected chi connectivity index (χ0v) is 11.4. The SMILES string of the molecule is Cc1cccc([N+](=O)[O-])c1C(C(C)C)C(C)Cl. The molecule has 0 fully saturated rings. The van der Waals surface area contributed by atoms with Crippen molar-refractivity contribution in [2.75, 3.05) is 0 Å². The maximum Gasteiger partial charge on any atom is 0.273 e. The van der Waals surface area contributed by atoms with Crippen LogP contribution in [0.4, 0.5) is 5.69 Å². The maximum absolute atomic E-state index is 11.1. The molecule has 0 saturated carbocycles. The Morgan fingerprint density at radius 3 is 2.29 bits per heavy atom. The van der Waals surface area contributed by atoms with Crippen molar-refractivity contribution < 1.29 is 4.92 Å². The Morgan fingerprint density at radius 2 is 1.88 bits per heavy atom. The van der Waals surface area contributed by atoms with Crippen LogP contribution >= 0.6 is 11.6 Å². The third kappa shape index (κ3) is 2.97. The van der Waals surface area contributed by atoms with Crippen LogP contribution in [0.25, 0.3) is 0 Å². The van der Waals surface area contributed by atoms with Crippen molar-refractivity contribution in [2.45, 2.75) is 39.0 Å². The van der Waals surface area contributed by atoms with Gasteiger partial charge in [-0.05, 0) is 25.3 Å². The van der Waals surface area contributed by atoms with Crippen LogP contribution < -0.4 is 0 Å². The predicted octanol–water partition coefficient (Wildman–Crippen LogP) is 4.27. The maximum atomic E-state index is 11.1. The van der Waals surface area contributed by atoms with Gasteiger partial charge in [0.05, 0.1) is 4.92 Å². The summed E-state index contributed by atoms with van der Waals surface area (Å²) in [6, 6.07) is 5.17. The van der Waals surface area contributed by atoms with E-state index in [0.29, 0.717) is 0 Å². The molecular formula is C13H18ClNO2. The van der Waals surface area contributed by atoms with Gasteiger partial charge >= 0.3 is 0 Å². The van der Waals surface area contributed by atoms with Gasteiger partial charge in [0.1, 0.15) is 0 Å². The van der Waals surface area contributed by atoms with Crippen LogP contribution in [0.3, 0.4) is 0 Å². The number of halogens is 1. The third-order valence-corrected chi connectivity index (χ3v) is 3.32. The Bertz CT molecular complexity index is 408. The van der Waals surface area contributed by atoms with Crippen molar-refractivity contribution in [1.82, 2.24) is 0 Å². The fourth-order valence-electron chi connectivity index (χ4n) is 2.35. The van der Waals surface area contributed by atoms with E-state index in [0.717, 1.165) is 11.1 Å². The van der Waals surface area contributed by atoms with E-state index < -0.39 is 0 Å². The molecule has 0 spiro atoms. The minimum absolute atomic E-state index is 0.00160. The molecule has 2 unspecified atom stereocenters. The second-order valence-electron chi connectivity index (χ2n) is 4.71. The lowest BCUT2D eigenvalue weighted by molar-refractivity contribution is -0.385. The fourth-order valence-corrected chi connectivity index (χ4v) is 2.77. The van der Waals surface area contributed by atoms with E-state index in [1.165, 1.54) is 0 Å². The fraction of sp³-hybridized carbons (Fsp3) is 0.538. The van der Waals surface area contributed by atoms with Gasteiger partial charge in [-0.2, -0.15) is 0 Å². The summed E-state index contributed by atoms with van der Waals surface area (Å²) in [4.78, 5) is 10.8. The molecule has 1 rings (SSSR count). The number of nitro benzene ring substituents is 1. The van der Waals surface area contributed by atoms with Crippen LogP contribution in [0.1, 0.15) is 37.8 Å². The molecule has 0 aliphatic rings. The highest BCUT2D eigenvalue weighted by Crippen LogP contribution is 2.38. The number of nitrogens with zero attached hydrogens (tertiary/aromatic N) is 1. The summed E-state index contributed by atoms with van der Waals surface area (Å²) < 4.78 is 0. The second kappa shape index (κ2) is 5.50. The highest BCUT2D eigenvalue weighted by atomic mass is 35.5. The van der Waals surface area contributed by atoms with Crippen LogP contribution in [0.5, 0.6) is 0 Å². The molecule has 0 heterocycles. The lowest BCUT2D eigenvalue weighted by atomic mass is 9.83. The number of rotatable bonds is 4. The predicted molar refractivity (Wildman–Crippen MR) is 70.7 cm³/mol. The molecule has 4 heteroatoms. The smallest absolute Gasteiger partial charge is 0.258 e. The van der Waals surface area contributed by atoms with Gasteiger partial charge in [-0.25, -0.2) is 0 Å². The highest BCUT2D eigenvalue weighted by molar-refractivity contribution is 6.21. The van der Waals surface area contributed by atoms with Gasteiger partial charge < -0.3 is 0 Å². The summed E-state index contributed by atoms with van der Waals surface area (Å²) in [7, 11) is 0. The molecule has 2 atom stereocenters. The van der Waals surface area contributed by atoms with E-state index in [1.807, 2.05) is 33.8 Å². The van der Waals surface area contributed by atoms with Gasteiger partial charge in [0.15, 0.2) is 0 Å². The first-order valence-corrected chi connectivity index (χ1v) is 6.17. The van der Waals surface area contributed by atoms with Gasteiger partial charge in [-0.3, -0.25) is 10.1 Å². The van der Waals surface area contributed by atoms with Crippen LogP contribution in [0, 0.1) is 23.0 Å². The minimum atomic E-state index is -0.322. The molecular weight excluding hydrogens is 238 g/mol. The summed E-state index contributed by atoms with van der Waals surface area (Å²) in [6.07, 6.45) is 0. The van der Waals surface area contributed by atoms with Crippen LogP contribution in [0.15, 0.2) is 18.2 Å². The zero-order valence-electron chi connectivity index (χ0n) is 10.6. The average Bonchev–Trinajstić information content (AvgIpc) is 2.19. The average molecular weight is 256 g/mol. The molecule has 0 amide bonds. The van der Waals surface area contributed by atoms with Crippen molar-refractivity contribution in [2.24, 2.45) is 5.92 Å². The first-order chi connectivity index (χ1) is 7.86. The van der Waals surface area contributed by atoms with E-state index in [2.05, 4.69) is 0 Å². The minimum Gasteiger partial charge on any atom is -0.258 e. The Balaban J connectivity index is 3.40. The Hall–Kier alpha value is -1.09.